The second-order valence-electron chi connectivity index (χ2n) is 4.15. The third-order valence-corrected chi connectivity index (χ3v) is 2.82. The average molecular weight is 231 g/mol. The molecule has 0 spiro atoms. The first-order valence-corrected chi connectivity index (χ1v) is 6.17. The van der Waals surface area contributed by atoms with Gasteiger partial charge in [0, 0.05) is 19.3 Å². The molecule has 1 rings (SSSR count). The van der Waals surface area contributed by atoms with Gasteiger partial charge >= 0.3 is 0 Å². The fourth-order valence-electron chi connectivity index (χ4n) is 1.69. The van der Waals surface area contributed by atoms with E-state index in [1.165, 1.54) is 5.69 Å². The molecule has 0 heterocycles. The van der Waals surface area contributed by atoms with E-state index in [1.807, 2.05) is 25.1 Å². The Labute approximate surface area is 104 Å². The minimum atomic E-state index is -0.00275. The Bertz CT molecular complexity index is 342. The normalized spacial score (nSPS) is 11.8. The van der Waals surface area contributed by atoms with E-state index in [9.17, 15) is 0 Å². The Hall–Kier alpha value is -1.53. The standard InChI is InChI=1S/C14H21N3/c1-3-13(12-15)16-10-7-11-17(2)14-8-5-4-6-9-14/h4-6,8-9,13,16H,3,7,10-11H2,1-2H3. The minimum absolute atomic E-state index is 0.00275. The Morgan fingerprint density at radius 2 is 2.06 bits per heavy atom. The average Bonchev–Trinajstić information content (AvgIpc) is 2.40. The Balaban J connectivity index is 2.21. The van der Waals surface area contributed by atoms with Gasteiger partial charge in [0.15, 0.2) is 0 Å². The maximum Gasteiger partial charge on any atom is 0.0950 e. The summed E-state index contributed by atoms with van der Waals surface area (Å²) in [6.45, 7) is 3.92. The lowest BCUT2D eigenvalue weighted by Crippen LogP contribution is -2.30. The molecule has 1 unspecified atom stereocenters. The van der Waals surface area contributed by atoms with Crippen molar-refractivity contribution >= 4 is 5.69 Å². The zero-order valence-corrected chi connectivity index (χ0v) is 10.7. The Kier molecular flexibility index (Phi) is 6.13. The molecular weight excluding hydrogens is 210 g/mol. The Morgan fingerprint density at radius 1 is 1.35 bits per heavy atom. The van der Waals surface area contributed by atoms with Gasteiger partial charge in [0.05, 0.1) is 12.1 Å². The van der Waals surface area contributed by atoms with Gasteiger partial charge in [-0.25, -0.2) is 0 Å². The van der Waals surface area contributed by atoms with Crippen molar-refractivity contribution in [2.24, 2.45) is 0 Å². The molecule has 0 aliphatic rings. The summed E-state index contributed by atoms with van der Waals surface area (Å²) in [5.41, 5.74) is 1.24. The molecular formula is C14H21N3. The van der Waals surface area contributed by atoms with E-state index in [1.54, 1.807) is 0 Å². The van der Waals surface area contributed by atoms with Crippen LogP contribution in [0.1, 0.15) is 19.8 Å². The van der Waals surface area contributed by atoms with E-state index in [4.69, 9.17) is 5.26 Å². The zero-order chi connectivity index (χ0) is 12.5. The quantitative estimate of drug-likeness (QED) is 0.732. The molecule has 1 aromatic carbocycles. The predicted molar refractivity (Wildman–Crippen MR) is 72.0 cm³/mol. The van der Waals surface area contributed by atoms with Gasteiger partial charge in [-0.2, -0.15) is 5.26 Å². The molecule has 0 saturated carbocycles. The minimum Gasteiger partial charge on any atom is -0.375 e. The van der Waals surface area contributed by atoms with Crippen molar-refractivity contribution < 1.29 is 0 Å². The number of nitrogens with zero attached hydrogens (tertiary/aromatic N) is 2. The molecule has 1 aromatic rings. The lowest BCUT2D eigenvalue weighted by molar-refractivity contribution is 0.570. The number of nitriles is 1. The second kappa shape index (κ2) is 7.70. The largest absolute Gasteiger partial charge is 0.375 e. The molecule has 0 fully saturated rings. The highest BCUT2D eigenvalue weighted by molar-refractivity contribution is 5.44. The van der Waals surface area contributed by atoms with E-state index in [-0.39, 0.29) is 6.04 Å². The number of hydrogen-bond acceptors (Lipinski definition) is 3. The van der Waals surface area contributed by atoms with Crippen LogP contribution in [0.2, 0.25) is 0 Å². The third kappa shape index (κ3) is 4.88. The molecule has 17 heavy (non-hydrogen) atoms. The zero-order valence-electron chi connectivity index (χ0n) is 10.7. The molecule has 1 N–H and O–H groups in total. The number of rotatable bonds is 7. The highest BCUT2D eigenvalue weighted by atomic mass is 15.1. The van der Waals surface area contributed by atoms with Crippen LogP contribution < -0.4 is 10.2 Å². The van der Waals surface area contributed by atoms with Crippen LogP contribution in [0.5, 0.6) is 0 Å². The molecule has 0 radical (unpaired) electrons. The number of para-hydroxylation sites is 1. The monoisotopic (exact) mass is 231 g/mol. The SMILES string of the molecule is CCC(C#N)NCCCN(C)c1ccccc1. The van der Waals surface area contributed by atoms with Crippen LogP contribution in [0.15, 0.2) is 30.3 Å². The molecule has 0 aromatic heterocycles. The van der Waals surface area contributed by atoms with Gasteiger partial charge in [-0.1, -0.05) is 25.1 Å². The van der Waals surface area contributed by atoms with Crippen molar-refractivity contribution in [1.82, 2.24) is 5.32 Å². The third-order valence-electron chi connectivity index (χ3n) is 2.82. The van der Waals surface area contributed by atoms with Crippen molar-refractivity contribution in [2.45, 2.75) is 25.8 Å². The maximum absolute atomic E-state index is 8.79. The van der Waals surface area contributed by atoms with Crippen LogP contribution in [0, 0.1) is 11.3 Å². The summed E-state index contributed by atoms with van der Waals surface area (Å²) in [4.78, 5) is 2.23. The van der Waals surface area contributed by atoms with E-state index < -0.39 is 0 Å². The fourth-order valence-corrected chi connectivity index (χ4v) is 1.69. The van der Waals surface area contributed by atoms with Crippen LogP contribution >= 0.6 is 0 Å². The summed E-state index contributed by atoms with van der Waals surface area (Å²) in [5, 5.41) is 12.0. The van der Waals surface area contributed by atoms with Gasteiger partial charge < -0.3 is 10.2 Å². The van der Waals surface area contributed by atoms with Gasteiger partial charge in [-0.3, -0.25) is 0 Å². The maximum atomic E-state index is 8.79. The summed E-state index contributed by atoms with van der Waals surface area (Å²) in [6.07, 6.45) is 1.91. The van der Waals surface area contributed by atoms with Crippen molar-refractivity contribution in [2.75, 3.05) is 25.0 Å². The molecule has 0 saturated heterocycles. The van der Waals surface area contributed by atoms with Crippen molar-refractivity contribution in [1.29, 1.82) is 5.26 Å². The first-order chi connectivity index (χ1) is 8.27. The Morgan fingerprint density at radius 3 is 2.65 bits per heavy atom. The highest BCUT2D eigenvalue weighted by Crippen LogP contribution is 2.10. The summed E-state index contributed by atoms with van der Waals surface area (Å²) in [5.74, 6) is 0. The highest BCUT2D eigenvalue weighted by Gasteiger charge is 2.03. The van der Waals surface area contributed by atoms with Gasteiger partial charge in [0.25, 0.3) is 0 Å². The molecule has 92 valence electrons. The van der Waals surface area contributed by atoms with E-state index in [0.29, 0.717) is 0 Å². The van der Waals surface area contributed by atoms with Crippen molar-refractivity contribution in [3.05, 3.63) is 30.3 Å². The van der Waals surface area contributed by atoms with Crippen LogP contribution in [0.3, 0.4) is 0 Å². The summed E-state index contributed by atoms with van der Waals surface area (Å²) >= 11 is 0. The van der Waals surface area contributed by atoms with Crippen LogP contribution in [0.4, 0.5) is 5.69 Å². The molecule has 1 atom stereocenters. The number of nitrogens with one attached hydrogen (secondary N) is 1. The molecule has 0 amide bonds. The van der Waals surface area contributed by atoms with Crippen LogP contribution in [-0.2, 0) is 0 Å². The van der Waals surface area contributed by atoms with Gasteiger partial charge in [-0.05, 0) is 31.5 Å². The van der Waals surface area contributed by atoms with Gasteiger partial charge in [0.2, 0.25) is 0 Å². The predicted octanol–water partition coefficient (Wildman–Crippen LogP) is 2.40. The van der Waals surface area contributed by atoms with Crippen molar-refractivity contribution in [3.8, 4) is 6.07 Å². The topological polar surface area (TPSA) is 39.1 Å². The first-order valence-electron chi connectivity index (χ1n) is 6.17. The molecule has 3 heteroatoms. The van der Waals surface area contributed by atoms with Crippen LogP contribution in [-0.4, -0.2) is 26.2 Å². The van der Waals surface area contributed by atoms with E-state index in [2.05, 4.69) is 35.5 Å². The summed E-state index contributed by atoms with van der Waals surface area (Å²) in [6, 6.07) is 12.6. The molecule has 0 aliphatic heterocycles. The summed E-state index contributed by atoms with van der Waals surface area (Å²) < 4.78 is 0. The molecule has 0 bridgehead atoms. The van der Waals surface area contributed by atoms with Crippen molar-refractivity contribution in [3.63, 3.8) is 0 Å². The fraction of sp³-hybridized carbons (Fsp3) is 0.500. The lowest BCUT2D eigenvalue weighted by atomic mass is 10.2. The van der Waals surface area contributed by atoms with Crippen LogP contribution in [0.25, 0.3) is 0 Å². The van der Waals surface area contributed by atoms with Gasteiger partial charge in [0.1, 0.15) is 0 Å². The van der Waals surface area contributed by atoms with E-state index >= 15 is 0 Å². The van der Waals surface area contributed by atoms with E-state index in [0.717, 1.165) is 25.9 Å². The smallest absolute Gasteiger partial charge is 0.0950 e. The second-order valence-corrected chi connectivity index (χ2v) is 4.15. The number of anilines is 1. The number of benzene rings is 1. The number of hydrogen-bond donors (Lipinski definition) is 1. The molecule has 3 nitrogen and oxygen atoms in total. The van der Waals surface area contributed by atoms with Gasteiger partial charge in [-0.15, -0.1) is 0 Å². The first kappa shape index (κ1) is 13.5. The lowest BCUT2D eigenvalue weighted by Gasteiger charge is -2.19. The summed E-state index contributed by atoms with van der Waals surface area (Å²) in [7, 11) is 2.09. The molecule has 0 aliphatic carbocycles.